The third kappa shape index (κ3) is 1.82. The lowest BCUT2D eigenvalue weighted by Crippen LogP contribution is -2.29. The molecule has 1 saturated carbocycles. The number of pyridine rings is 1. The van der Waals surface area contributed by atoms with Crippen LogP contribution in [0, 0.1) is 6.92 Å². The first-order chi connectivity index (χ1) is 8.77. The highest BCUT2D eigenvalue weighted by Gasteiger charge is 2.19. The molecule has 0 saturated heterocycles. The molecule has 0 aliphatic heterocycles. The van der Waals surface area contributed by atoms with Crippen LogP contribution in [0.15, 0.2) is 23.1 Å². The van der Waals surface area contributed by atoms with Gasteiger partial charge in [0.2, 0.25) is 0 Å². The van der Waals surface area contributed by atoms with E-state index in [1.54, 1.807) is 12.3 Å². The summed E-state index contributed by atoms with van der Waals surface area (Å²) in [4.78, 5) is 21.2. The quantitative estimate of drug-likeness (QED) is 0.773. The third-order valence-electron chi connectivity index (χ3n) is 3.79. The molecule has 0 unspecified atom stereocenters. The van der Waals surface area contributed by atoms with Crippen LogP contribution in [-0.2, 0) is 0 Å². The number of hydrogen-bond acceptors (Lipinski definition) is 3. The summed E-state index contributed by atoms with van der Waals surface area (Å²) in [6.07, 6.45) is 7.57. The Hall–Kier alpha value is -1.71. The maximum Gasteiger partial charge on any atom is 0.263 e. The van der Waals surface area contributed by atoms with Crippen LogP contribution in [-0.4, -0.2) is 14.5 Å². The van der Waals surface area contributed by atoms with Crippen molar-refractivity contribution in [1.29, 1.82) is 0 Å². The van der Waals surface area contributed by atoms with Gasteiger partial charge in [-0.15, -0.1) is 0 Å². The second-order valence-corrected chi connectivity index (χ2v) is 5.00. The highest BCUT2D eigenvalue weighted by Crippen LogP contribution is 2.27. The SMILES string of the molecule is Cc1nc2ncccc2c(=O)n1C1CCCCC1. The predicted octanol–water partition coefficient (Wildman–Crippen LogP) is 2.61. The molecule has 0 spiro atoms. The largest absolute Gasteiger partial charge is 0.293 e. The molecule has 0 N–H and O–H groups in total. The lowest BCUT2D eigenvalue weighted by molar-refractivity contribution is 0.339. The van der Waals surface area contributed by atoms with E-state index in [0.717, 1.165) is 18.7 Å². The van der Waals surface area contributed by atoms with Gasteiger partial charge in [-0.1, -0.05) is 19.3 Å². The predicted molar refractivity (Wildman–Crippen MR) is 70.7 cm³/mol. The summed E-state index contributed by atoms with van der Waals surface area (Å²) < 4.78 is 1.88. The van der Waals surface area contributed by atoms with Gasteiger partial charge >= 0.3 is 0 Å². The molecule has 2 aromatic rings. The van der Waals surface area contributed by atoms with Crippen molar-refractivity contribution in [2.24, 2.45) is 0 Å². The Balaban J connectivity index is 2.19. The summed E-state index contributed by atoms with van der Waals surface area (Å²) in [5.74, 6) is 0.790. The Morgan fingerprint density at radius 1 is 1.28 bits per heavy atom. The van der Waals surface area contributed by atoms with Gasteiger partial charge in [-0.25, -0.2) is 9.97 Å². The minimum absolute atomic E-state index is 0.0671. The Bertz CT molecular complexity index is 626. The molecule has 0 radical (unpaired) electrons. The second kappa shape index (κ2) is 4.52. The average molecular weight is 243 g/mol. The van der Waals surface area contributed by atoms with Crippen LogP contribution >= 0.6 is 0 Å². The van der Waals surface area contributed by atoms with E-state index < -0.39 is 0 Å². The standard InChI is InChI=1S/C14H17N3O/c1-10-16-13-12(8-5-9-15-13)14(18)17(10)11-6-3-2-4-7-11/h5,8-9,11H,2-4,6-7H2,1H3. The molecule has 2 aromatic heterocycles. The molecule has 1 aliphatic carbocycles. The number of aromatic nitrogens is 3. The van der Waals surface area contributed by atoms with Crippen molar-refractivity contribution in [3.8, 4) is 0 Å². The minimum atomic E-state index is 0.0671. The molecule has 0 atom stereocenters. The number of hydrogen-bond donors (Lipinski definition) is 0. The van der Waals surface area contributed by atoms with Gasteiger partial charge in [-0.3, -0.25) is 9.36 Å². The summed E-state index contributed by atoms with van der Waals surface area (Å²) in [5, 5.41) is 0.633. The van der Waals surface area contributed by atoms with Gasteiger partial charge in [0.1, 0.15) is 5.82 Å². The summed E-state index contributed by atoms with van der Waals surface area (Å²) >= 11 is 0. The zero-order valence-electron chi connectivity index (χ0n) is 10.6. The molecule has 1 aliphatic rings. The number of rotatable bonds is 1. The summed E-state index contributed by atoms with van der Waals surface area (Å²) in [7, 11) is 0. The number of aryl methyl sites for hydroxylation is 1. The maximum absolute atomic E-state index is 12.5. The molecule has 0 bridgehead atoms. The number of nitrogens with zero attached hydrogens (tertiary/aromatic N) is 3. The average Bonchev–Trinajstić information content (AvgIpc) is 2.40. The number of fused-ring (bicyclic) bond motifs is 1. The summed E-state index contributed by atoms with van der Waals surface area (Å²) in [6, 6.07) is 3.94. The molecule has 1 fully saturated rings. The summed E-state index contributed by atoms with van der Waals surface area (Å²) in [6.45, 7) is 1.91. The molecular formula is C14H17N3O. The van der Waals surface area contributed by atoms with Crippen molar-refractivity contribution in [2.45, 2.75) is 45.1 Å². The van der Waals surface area contributed by atoms with E-state index >= 15 is 0 Å². The highest BCUT2D eigenvalue weighted by molar-refractivity contribution is 5.72. The van der Waals surface area contributed by atoms with Gasteiger partial charge in [0.15, 0.2) is 5.65 Å². The highest BCUT2D eigenvalue weighted by atomic mass is 16.1. The fourth-order valence-corrected chi connectivity index (χ4v) is 2.91. The molecular weight excluding hydrogens is 226 g/mol. The van der Waals surface area contributed by atoms with Crippen LogP contribution in [0.25, 0.3) is 11.0 Å². The van der Waals surface area contributed by atoms with Crippen molar-refractivity contribution in [3.63, 3.8) is 0 Å². The van der Waals surface area contributed by atoms with Gasteiger partial charge in [-0.05, 0) is 31.9 Å². The second-order valence-electron chi connectivity index (χ2n) is 5.00. The normalized spacial score (nSPS) is 17.2. The van der Waals surface area contributed by atoms with Crippen LogP contribution in [0.4, 0.5) is 0 Å². The molecule has 0 aromatic carbocycles. The van der Waals surface area contributed by atoms with E-state index in [-0.39, 0.29) is 5.56 Å². The molecule has 4 nitrogen and oxygen atoms in total. The van der Waals surface area contributed by atoms with Crippen molar-refractivity contribution in [3.05, 3.63) is 34.5 Å². The van der Waals surface area contributed by atoms with E-state index in [1.807, 2.05) is 17.6 Å². The van der Waals surface area contributed by atoms with Crippen LogP contribution < -0.4 is 5.56 Å². The van der Waals surface area contributed by atoms with E-state index in [2.05, 4.69) is 9.97 Å². The van der Waals surface area contributed by atoms with E-state index in [4.69, 9.17) is 0 Å². The Labute approximate surface area is 106 Å². The van der Waals surface area contributed by atoms with Gasteiger partial charge in [0.05, 0.1) is 5.39 Å². The first-order valence-corrected chi connectivity index (χ1v) is 6.61. The van der Waals surface area contributed by atoms with Crippen LogP contribution in [0.3, 0.4) is 0 Å². The topological polar surface area (TPSA) is 47.8 Å². The van der Waals surface area contributed by atoms with E-state index in [9.17, 15) is 4.79 Å². The Kier molecular flexibility index (Phi) is 2.86. The van der Waals surface area contributed by atoms with Crippen LogP contribution in [0.5, 0.6) is 0 Å². The molecule has 4 heteroatoms. The van der Waals surface area contributed by atoms with Crippen molar-refractivity contribution >= 4 is 11.0 Å². The van der Waals surface area contributed by atoms with E-state index in [0.29, 0.717) is 17.1 Å². The first-order valence-electron chi connectivity index (χ1n) is 6.61. The molecule has 18 heavy (non-hydrogen) atoms. The van der Waals surface area contributed by atoms with Gasteiger partial charge in [0, 0.05) is 12.2 Å². The fraction of sp³-hybridized carbons (Fsp3) is 0.500. The van der Waals surface area contributed by atoms with Gasteiger partial charge in [-0.2, -0.15) is 0 Å². The van der Waals surface area contributed by atoms with Gasteiger partial charge < -0.3 is 0 Å². The van der Waals surface area contributed by atoms with E-state index in [1.165, 1.54) is 19.3 Å². The lowest BCUT2D eigenvalue weighted by atomic mass is 9.95. The van der Waals surface area contributed by atoms with Crippen molar-refractivity contribution in [1.82, 2.24) is 14.5 Å². The fourth-order valence-electron chi connectivity index (χ4n) is 2.91. The molecule has 0 amide bonds. The molecule has 2 heterocycles. The van der Waals surface area contributed by atoms with Crippen LogP contribution in [0.1, 0.15) is 44.0 Å². The van der Waals surface area contributed by atoms with Crippen molar-refractivity contribution in [2.75, 3.05) is 0 Å². The minimum Gasteiger partial charge on any atom is -0.293 e. The van der Waals surface area contributed by atoms with Gasteiger partial charge in [0.25, 0.3) is 5.56 Å². The monoisotopic (exact) mass is 243 g/mol. The Morgan fingerprint density at radius 2 is 2.06 bits per heavy atom. The lowest BCUT2D eigenvalue weighted by Gasteiger charge is -2.25. The zero-order valence-corrected chi connectivity index (χ0v) is 10.6. The Morgan fingerprint density at radius 3 is 2.83 bits per heavy atom. The summed E-state index contributed by atoms with van der Waals surface area (Å²) in [5.41, 5.74) is 0.629. The van der Waals surface area contributed by atoms with Crippen LogP contribution in [0.2, 0.25) is 0 Å². The smallest absolute Gasteiger partial charge is 0.263 e. The maximum atomic E-state index is 12.5. The zero-order chi connectivity index (χ0) is 12.5. The first kappa shape index (κ1) is 11.4. The molecule has 94 valence electrons. The molecule has 3 rings (SSSR count). The third-order valence-corrected chi connectivity index (χ3v) is 3.79. The van der Waals surface area contributed by atoms with Crippen molar-refractivity contribution < 1.29 is 0 Å².